The molecule has 1 aromatic heterocycles. The summed E-state index contributed by atoms with van der Waals surface area (Å²) in [6, 6.07) is 5.83. The first-order valence-corrected chi connectivity index (χ1v) is 5.93. The van der Waals surface area contributed by atoms with Gasteiger partial charge in [0.25, 0.3) is 0 Å². The highest BCUT2D eigenvalue weighted by Gasteiger charge is 2.04. The number of hydrogen-bond donors (Lipinski definition) is 2. The van der Waals surface area contributed by atoms with E-state index in [0.29, 0.717) is 6.42 Å². The molecule has 0 fully saturated rings. The molecule has 2 N–H and O–H groups in total. The minimum atomic E-state index is -0.188. The van der Waals surface area contributed by atoms with Crippen molar-refractivity contribution in [1.29, 1.82) is 0 Å². The van der Waals surface area contributed by atoms with E-state index in [1.165, 1.54) is 0 Å². The number of Topliss-reactive ketones (excluding diaryl/α,β-unsaturated/α-hetero) is 1. The molecule has 0 saturated carbocycles. The Bertz CT molecular complexity index is 612. The molecule has 2 rings (SSSR count). The third kappa shape index (κ3) is 3.07. The first-order chi connectivity index (χ1) is 8.54. The summed E-state index contributed by atoms with van der Waals surface area (Å²) in [6.07, 6.45) is 0.569. The van der Waals surface area contributed by atoms with Crippen molar-refractivity contribution in [2.75, 3.05) is 13.6 Å². The molecule has 5 heteroatoms. The van der Waals surface area contributed by atoms with Gasteiger partial charge in [-0.15, -0.1) is 0 Å². The van der Waals surface area contributed by atoms with Gasteiger partial charge in [0.2, 0.25) is 0 Å². The normalized spacial score (nSPS) is 11.3. The van der Waals surface area contributed by atoms with Crippen LogP contribution in [0, 0.1) is 0 Å². The zero-order valence-electron chi connectivity index (χ0n) is 10.6. The van der Waals surface area contributed by atoms with Gasteiger partial charge in [-0.25, -0.2) is 4.79 Å². The van der Waals surface area contributed by atoms with Gasteiger partial charge in [0.1, 0.15) is 5.78 Å². The van der Waals surface area contributed by atoms with Crippen LogP contribution >= 0.6 is 0 Å². The van der Waals surface area contributed by atoms with Crippen molar-refractivity contribution in [3.05, 3.63) is 34.2 Å². The first-order valence-electron chi connectivity index (χ1n) is 5.93. The molecule has 0 aliphatic carbocycles. The Hall–Kier alpha value is -1.88. The first kappa shape index (κ1) is 12.6. The van der Waals surface area contributed by atoms with Gasteiger partial charge >= 0.3 is 5.69 Å². The van der Waals surface area contributed by atoms with Crippen LogP contribution in [-0.4, -0.2) is 34.2 Å². The Kier molecular flexibility index (Phi) is 3.62. The molecule has 0 bridgehead atoms. The van der Waals surface area contributed by atoms with Gasteiger partial charge in [0.05, 0.1) is 11.0 Å². The van der Waals surface area contributed by atoms with E-state index in [2.05, 4.69) is 14.9 Å². The number of imidazole rings is 1. The van der Waals surface area contributed by atoms with Gasteiger partial charge in [-0.2, -0.15) is 0 Å². The fourth-order valence-corrected chi connectivity index (χ4v) is 1.92. The van der Waals surface area contributed by atoms with E-state index < -0.39 is 0 Å². The minimum absolute atomic E-state index is 0.188. The van der Waals surface area contributed by atoms with Crippen molar-refractivity contribution in [2.24, 2.45) is 0 Å². The fraction of sp³-hybridized carbons (Fsp3) is 0.385. The van der Waals surface area contributed by atoms with E-state index >= 15 is 0 Å². The van der Waals surface area contributed by atoms with Crippen LogP contribution < -0.4 is 5.69 Å². The Morgan fingerprint density at radius 2 is 2.00 bits per heavy atom. The lowest BCUT2D eigenvalue weighted by Gasteiger charge is -2.15. The Morgan fingerprint density at radius 1 is 1.28 bits per heavy atom. The smallest absolute Gasteiger partial charge is 0.306 e. The summed E-state index contributed by atoms with van der Waals surface area (Å²) in [4.78, 5) is 29.6. The van der Waals surface area contributed by atoms with Crippen molar-refractivity contribution in [3.8, 4) is 0 Å². The molecule has 0 spiro atoms. The summed E-state index contributed by atoms with van der Waals surface area (Å²) in [5.74, 6) is 0.201. The highest BCUT2D eigenvalue weighted by atomic mass is 16.1. The van der Waals surface area contributed by atoms with Gasteiger partial charge < -0.3 is 14.9 Å². The average molecular weight is 247 g/mol. The molecule has 0 unspecified atom stereocenters. The predicted octanol–water partition coefficient (Wildman–Crippen LogP) is 1.27. The summed E-state index contributed by atoms with van der Waals surface area (Å²) in [5, 5.41) is 0. The van der Waals surface area contributed by atoms with Crippen LogP contribution in [0.25, 0.3) is 11.0 Å². The van der Waals surface area contributed by atoms with E-state index in [1.807, 2.05) is 25.2 Å². The summed E-state index contributed by atoms with van der Waals surface area (Å²) >= 11 is 0. The monoisotopic (exact) mass is 247 g/mol. The number of hydrogen-bond acceptors (Lipinski definition) is 3. The van der Waals surface area contributed by atoms with Crippen molar-refractivity contribution < 1.29 is 4.79 Å². The second kappa shape index (κ2) is 5.18. The van der Waals surface area contributed by atoms with Crippen molar-refractivity contribution >= 4 is 16.8 Å². The molecule has 96 valence electrons. The second-order valence-corrected chi connectivity index (χ2v) is 4.65. The Labute approximate surface area is 105 Å². The summed E-state index contributed by atoms with van der Waals surface area (Å²) in [6.45, 7) is 3.11. The van der Waals surface area contributed by atoms with Gasteiger partial charge in [-0.05, 0) is 31.7 Å². The van der Waals surface area contributed by atoms with Gasteiger partial charge in [0.15, 0.2) is 0 Å². The number of nitrogens with one attached hydrogen (secondary N) is 2. The lowest BCUT2D eigenvalue weighted by atomic mass is 10.2. The van der Waals surface area contributed by atoms with E-state index in [0.717, 1.165) is 29.7 Å². The molecule has 18 heavy (non-hydrogen) atoms. The lowest BCUT2D eigenvalue weighted by molar-refractivity contribution is -0.117. The molecule has 1 aromatic carbocycles. The molecular formula is C13H17N3O2. The maximum atomic E-state index is 11.1. The number of aromatic nitrogens is 2. The number of rotatable bonds is 5. The number of aromatic amines is 2. The molecule has 5 nitrogen and oxygen atoms in total. The van der Waals surface area contributed by atoms with Gasteiger partial charge in [-0.3, -0.25) is 4.79 Å². The van der Waals surface area contributed by atoms with Crippen molar-refractivity contribution in [2.45, 2.75) is 19.9 Å². The topological polar surface area (TPSA) is 69.0 Å². The summed E-state index contributed by atoms with van der Waals surface area (Å²) < 4.78 is 0. The van der Waals surface area contributed by atoms with Crippen LogP contribution in [0.1, 0.15) is 18.9 Å². The number of H-pyrrole nitrogens is 2. The zero-order valence-corrected chi connectivity index (χ0v) is 10.6. The maximum absolute atomic E-state index is 11.1. The number of nitrogens with zero attached hydrogens (tertiary/aromatic N) is 1. The minimum Gasteiger partial charge on any atom is -0.306 e. The fourth-order valence-electron chi connectivity index (χ4n) is 1.92. The SMILES string of the molecule is CC(=O)CCN(C)Cc1ccc2[nH]c(=O)[nH]c2c1. The molecule has 0 aliphatic rings. The number of fused-ring (bicyclic) bond motifs is 1. The largest absolute Gasteiger partial charge is 0.323 e. The van der Waals surface area contributed by atoms with E-state index in [9.17, 15) is 9.59 Å². The number of carbonyl (C=O) groups excluding carboxylic acids is 1. The quantitative estimate of drug-likeness (QED) is 0.836. The molecule has 0 radical (unpaired) electrons. The van der Waals surface area contributed by atoms with Crippen LogP contribution in [0.15, 0.2) is 23.0 Å². The van der Waals surface area contributed by atoms with E-state index in [4.69, 9.17) is 0 Å². The summed E-state index contributed by atoms with van der Waals surface area (Å²) in [7, 11) is 1.98. The highest BCUT2D eigenvalue weighted by Crippen LogP contribution is 2.11. The van der Waals surface area contributed by atoms with Crippen LogP contribution in [0.4, 0.5) is 0 Å². The molecular weight excluding hydrogens is 230 g/mol. The number of ketones is 1. The highest BCUT2D eigenvalue weighted by molar-refractivity contribution is 5.75. The van der Waals surface area contributed by atoms with Gasteiger partial charge in [0, 0.05) is 19.5 Å². The van der Waals surface area contributed by atoms with Crippen molar-refractivity contribution in [3.63, 3.8) is 0 Å². The summed E-state index contributed by atoms with van der Waals surface area (Å²) in [5.41, 5.74) is 2.56. The molecule has 1 heterocycles. The van der Waals surface area contributed by atoms with E-state index in [-0.39, 0.29) is 11.5 Å². The number of benzene rings is 1. The van der Waals surface area contributed by atoms with Crippen LogP contribution in [0.3, 0.4) is 0 Å². The number of carbonyl (C=O) groups is 1. The molecule has 0 atom stereocenters. The third-order valence-electron chi connectivity index (χ3n) is 2.88. The van der Waals surface area contributed by atoms with Crippen LogP contribution in [-0.2, 0) is 11.3 Å². The second-order valence-electron chi connectivity index (χ2n) is 4.65. The molecule has 2 aromatic rings. The standard InChI is InChI=1S/C13H17N3O2/c1-9(17)5-6-16(2)8-10-3-4-11-12(7-10)15-13(18)14-11/h3-4,7H,5-6,8H2,1-2H3,(H2,14,15,18). The van der Waals surface area contributed by atoms with Crippen LogP contribution in [0.2, 0.25) is 0 Å². The predicted molar refractivity (Wildman–Crippen MR) is 70.6 cm³/mol. The maximum Gasteiger partial charge on any atom is 0.323 e. The zero-order chi connectivity index (χ0) is 13.1. The third-order valence-corrected chi connectivity index (χ3v) is 2.88. The molecule has 0 amide bonds. The average Bonchev–Trinajstić information content (AvgIpc) is 2.66. The Balaban J connectivity index is 2.06. The molecule has 0 aliphatic heterocycles. The Morgan fingerprint density at radius 3 is 2.72 bits per heavy atom. The van der Waals surface area contributed by atoms with Crippen molar-refractivity contribution in [1.82, 2.24) is 14.9 Å². The van der Waals surface area contributed by atoms with Crippen LogP contribution in [0.5, 0.6) is 0 Å². The van der Waals surface area contributed by atoms with Gasteiger partial charge in [-0.1, -0.05) is 6.07 Å². The van der Waals surface area contributed by atoms with E-state index in [1.54, 1.807) is 6.92 Å². The molecule has 0 saturated heterocycles. The lowest BCUT2D eigenvalue weighted by Crippen LogP contribution is -2.20.